The van der Waals surface area contributed by atoms with E-state index in [0.29, 0.717) is 0 Å². The zero-order valence-electron chi connectivity index (χ0n) is 9.56. The normalized spacial score (nSPS) is 23.1. The minimum atomic E-state index is -0.977. The first-order valence-corrected chi connectivity index (χ1v) is 5.35. The highest BCUT2D eigenvalue weighted by molar-refractivity contribution is 5.79. The van der Waals surface area contributed by atoms with E-state index in [1.54, 1.807) is 0 Å². The summed E-state index contributed by atoms with van der Waals surface area (Å²) in [4.78, 5) is 32.8. The Balaban J connectivity index is 2.30. The zero-order valence-corrected chi connectivity index (χ0v) is 9.56. The van der Waals surface area contributed by atoms with Crippen molar-refractivity contribution in [2.45, 2.75) is 19.4 Å². The lowest BCUT2D eigenvalue weighted by Crippen LogP contribution is -2.43. The van der Waals surface area contributed by atoms with Gasteiger partial charge in [0.05, 0.1) is 19.3 Å². The molecular weight excluding hydrogens is 228 g/mol. The van der Waals surface area contributed by atoms with Crippen LogP contribution in [0, 0.1) is 5.92 Å². The first-order chi connectivity index (χ1) is 8.00. The average Bonchev–Trinajstić information content (AvgIpc) is 2.65. The topological polar surface area (TPSA) is 105 Å². The molecule has 2 atom stereocenters. The number of aliphatic carboxylic acids is 1. The molecule has 7 nitrogen and oxygen atoms in total. The Bertz CT molecular complexity index is 318. The second-order valence-corrected chi connectivity index (χ2v) is 3.89. The van der Waals surface area contributed by atoms with Gasteiger partial charge in [0.15, 0.2) is 0 Å². The fourth-order valence-electron chi connectivity index (χ4n) is 1.57. The van der Waals surface area contributed by atoms with Crippen molar-refractivity contribution >= 4 is 17.8 Å². The van der Waals surface area contributed by atoms with Crippen LogP contribution in [0.25, 0.3) is 0 Å². The molecule has 96 valence electrons. The highest BCUT2D eigenvalue weighted by Gasteiger charge is 2.34. The number of rotatable bonds is 5. The zero-order chi connectivity index (χ0) is 12.8. The molecule has 1 aliphatic heterocycles. The average molecular weight is 244 g/mol. The summed E-state index contributed by atoms with van der Waals surface area (Å²) in [6.45, 7) is 1.93. The van der Waals surface area contributed by atoms with E-state index in [-0.39, 0.29) is 38.0 Å². The van der Waals surface area contributed by atoms with Crippen molar-refractivity contribution in [2.75, 3.05) is 19.8 Å². The third-order valence-corrected chi connectivity index (χ3v) is 2.47. The van der Waals surface area contributed by atoms with Crippen LogP contribution in [0.3, 0.4) is 0 Å². The molecule has 3 N–H and O–H groups in total. The van der Waals surface area contributed by atoms with Gasteiger partial charge in [-0.05, 0) is 0 Å². The van der Waals surface area contributed by atoms with Crippen LogP contribution in [-0.2, 0) is 19.1 Å². The maximum Gasteiger partial charge on any atom is 0.311 e. The molecule has 1 fully saturated rings. The van der Waals surface area contributed by atoms with E-state index >= 15 is 0 Å². The molecule has 0 bridgehead atoms. The molecule has 0 aromatic carbocycles. The lowest BCUT2D eigenvalue weighted by atomic mass is 10.0. The third-order valence-electron chi connectivity index (χ3n) is 2.47. The Morgan fingerprint density at radius 3 is 2.65 bits per heavy atom. The predicted molar refractivity (Wildman–Crippen MR) is 57.2 cm³/mol. The van der Waals surface area contributed by atoms with Crippen LogP contribution in [0.15, 0.2) is 0 Å². The summed E-state index contributed by atoms with van der Waals surface area (Å²) >= 11 is 0. The molecule has 0 aromatic heterocycles. The summed E-state index contributed by atoms with van der Waals surface area (Å²) in [6.07, 6.45) is 0.127. The summed E-state index contributed by atoms with van der Waals surface area (Å²) in [5.41, 5.74) is 0. The van der Waals surface area contributed by atoms with Crippen molar-refractivity contribution in [1.29, 1.82) is 0 Å². The number of carboxylic acids is 1. The maximum absolute atomic E-state index is 11.4. The number of nitrogens with one attached hydrogen (secondary N) is 2. The summed E-state index contributed by atoms with van der Waals surface area (Å²) in [5, 5.41) is 13.9. The van der Waals surface area contributed by atoms with Gasteiger partial charge in [-0.1, -0.05) is 0 Å². The van der Waals surface area contributed by atoms with Gasteiger partial charge in [0.25, 0.3) is 0 Å². The summed E-state index contributed by atoms with van der Waals surface area (Å²) < 4.78 is 5.01. The van der Waals surface area contributed by atoms with Gasteiger partial charge in [-0.15, -0.1) is 0 Å². The van der Waals surface area contributed by atoms with E-state index in [1.165, 1.54) is 6.92 Å². The van der Waals surface area contributed by atoms with E-state index in [2.05, 4.69) is 10.6 Å². The highest BCUT2D eigenvalue weighted by atomic mass is 16.5. The molecule has 7 heteroatoms. The van der Waals surface area contributed by atoms with Crippen molar-refractivity contribution in [3.63, 3.8) is 0 Å². The van der Waals surface area contributed by atoms with E-state index in [0.717, 1.165) is 0 Å². The Kier molecular flexibility index (Phi) is 4.89. The Hall–Kier alpha value is -1.63. The quantitative estimate of drug-likeness (QED) is 0.559. The first kappa shape index (κ1) is 13.4. The molecule has 1 aliphatic rings. The number of hydrogen-bond donors (Lipinski definition) is 3. The van der Waals surface area contributed by atoms with Crippen LogP contribution in [0.1, 0.15) is 13.3 Å². The molecule has 17 heavy (non-hydrogen) atoms. The van der Waals surface area contributed by atoms with Gasteiger partial charge in [-0.3, -0.25) is 14.4 Å². The van der Waals surface area contributed by atoms with Crippen LogP contribution in [0.5, 0.6) is 0 Å². The number of hydrogen-bond acceptors (Lipinski definition) is 4. The minimum Gasteiger partial charge on any atom is -0.481 e. The van der Waals surface area contributed by atoms with Gasteiger partial charge in [0.1, 0.15) is 5.92 Å². The standard InChI is InChI=1S/C10H16N2O5/c1-6(13)11-3-2-9(14)12-8-5-17-4-7(8)10(15)16/h7-8H,2-5H2,1H3,(H,11,13)(H,12,14)(H,15,16). The molecule has 0 saturated carbocycles. The third kappa shape index (κ3) is 4.39. The van der Waals surface area contributed by atoms with E-state index in [9.17, 15) is 14.4 Å². The van der Waals surface area contributed by atoms with E-state index in [1.807, 2.05) is 0 Å². The van der Waals surface area contributed by atoms with Gasteiger partial charge in [0, 0.05) is 19.9 Å². The first-order valence-electron chi connectivity index (χ1n) is 5.35. The van der Waals surface area contributed by atoms with E-state index in [4.69, 9.17) is 9.84 Å². The number of carbonyl (C=O) groups excluding carboxylic acids is 2. The van der Waals surface area contributed by atoms with Crippen molar-refractivity contribution in [1.82, 2.24) is 10.6 Å². The number of ether oxygens (including phenoxy) is 1. The van der Waals surface area contributed by atoms with Crippen LogP contribution >= 0.6 is 0 Å². The Labute approximate surface area is 98.5 Å². The Morgan fingerprint density at radius 2 is 2.06 bits per heavy atom. The molecule has 0 aliphatic carbocycles. The number of carboxylic acid groups (broad SMARTS) is 1. The number of amides is 2. The van der Waals surface area contributed by atoms with Gasteiger partial charge in [-0.25, -0.2) is 0 Å². The largest absolute Gasteiger partial charge is 0.481 e. The van der Waals surface area contributed by atoms with Crippen LogP contribution in [-0.4, -0.2) is 48.7 Å². The fourth-order valence-corrected chi connectivity index (χ4v) is 1.57. The molecule has 2 unspecified atom stereocenters. The molecular formula is C10H16N2O5. The van der Waals surface area contributed by atoms with Gasteiger partial charge < -0.3 is 20.5 Å². The predicted octanol–water partition coefficient (Wildman–Crippen LogP) is -1.27. The smallest absolute Gasteiger partial charge is 0.311 e. The van der Waals surface area contributed by atoms with Gasteiger partial charge in [0.2, 0.25) is 11.8 Å². The van der Waals surface area contributed by atoms with Crippen molar-refractivity contribution in [3.05, 3.63) is 0 Å². The molecule has 1 saturated heterocycles. The monoisotopic (exact) mass is 244 g/mol. The van der Waals surface area contributed by atoms with Crippen LogP contribution in [0.2, 0.25) is 0 Å². The van der Waals surface area contributed by atoms with Gasteiger partial charge in [-0.2, -0.15) is 0 Å². The minimum absolute atomic E-state index is 0.117. The SMILES string of the molecule is CC(=O)NCCC(=O)NC1COCC1C(=O)O. The molecule has 0 aromatic rings. The highest BCUT2D eigenvalue weighted by Crippen LogP contribution is 2.13. The van der Waals surface area contributed by atoms with E-state index < -0.39 is 17.9 Å². The van der Waals surface area contributed by atoms with Crippen LogP contribution < -0.4 is 10.6 Å². The molecule has 2 amide bonds. The molecule has 0 radical (unpaired) electrons. The summed E-state index contributed by atoms with van der Waals surface area (Å²) in [5.74, 6) is -2.17. The lowest BCUT2D eigenvalue weighted by Gasteiger charge is -2.15. The van der Waals surface area contributed by atoms with Crippen molar-refractivity contribution in [3.8, 4) is 0 Å². The van der Waals surface area contributed by atoms with Gasteiger partial charge >= 0.3 is 5.97 Å². The maximum atomic E-state index is 11.4. The summed E-state index contributed by atoms with van der Waals surface area (Å²) in [6, 6.07) is -0.489. The second-order valence-electron chi connectivity index (χ2n) is 3.89. The molecule has 1 heterocycles. The Morgan fingerprint density at radius 1 is 1.35 bits per heavy atom. The summed E-state index contributed by atoms with van der Waals surface area (Å²) in [7, 11) is 0. The fraction of sp³-hybridized carbons (Fsp3) is 0.700. The lowest BCUT2D eigenvalue weighted by molar-refractivity contribution is -0.142. The van der Waals surface area contributed by atoms with Crippen LogP contribution in [0.4, 0.5) is 0 Å². The second kappa shape index (κ2) is 6.19. The van der Waals surface area contributed by atoms with Crippen molar-refractivity contribution < 1.29 is 24.2 Å². The number of carbonyl (C=O) groups is 3. The molecule has 0 spiro atoms. The molecule has 1 rings (SSSR count). The van der Waals surface area contributed by atoms with Crippen molar-refractivity contribution in [2.24, 2.45) is 5.92 Å².